The van der Waals surface area contributed by atoms with Crippen molar-refractivity contribution in [2.75, 3.05) is 0 Å². The molecule has 0 aromatic carbocycles. The van der Waals surface area contributed by atoms with Crippen LogP contribution in [0, 0.1) is 0 Å². The first-order valence-corrected chi connectivity index (χ1v) is 5.39. The maximum Gasteiger partial charge on any atom is 0.169 e. The molecule has 1 nitrogen and oxygen atoms in total. The van der Waals surface area contributed by atoms with Gasteiger partial charge in [-0.05, 0) is 43.9 Å². The summed E-state index contributed by atoms with van der Waals surface area (Å²) < 4.78 is 0. The van der Waals surface area contributed by atoms with Gasteiger partial charge in [0.05, 0.1) is 4.88 Å². The number of carbonyl (C=O) groups is 1. The highest BCUT2D eigenvalue weighted by Gasteiger charge is 2.10. The van der Waals surface area contributed by atoms with E-state index >= 15 is 0 Å². The highest BCUT2D eigenvalue weighted by atomic mass is 32.1. The lowest BCUT2D eigenvalue weighted by atomic mass is 10.2. The first-order valence-electron chi connectivity index (χ1n) is 4.57. The Bertz CT molecular complexity index is 360. The summed E-state index contributed by atoms with van der Waals surface area (Å²) in [4.78, 5) is 13.2. The fourth-order valence-electron chi connectivity index (χ4n) is 1.59. The van der Waals surface area contributed by atoms with E-state index in [-0.39, 0.29) is 5.78 Å². The fourth-order valence-corrected chi connectivity index (χ4v) is 2.56. The Kier molecular flexibility index (Phi) is 2.32. The molecular formula is C11H12OS. The van der Waals surface area contributed by atoms with Gasteiger partial charge in [0.1, 0.15) is 0 Å². The Balaban J connectivity index is 2.27. The van der Waals surface area contributed by atoms with Gasteiger partial charge >= 0.3 is 0 Å². The predicted molar refractivity (Wildman–Crippen MR) is 56.2 cm³/mol. The van der Waals surface area contributed by atoms with E-state index in [1.54, 1.807) is 18.3 Å². The van der Waals surface area contributed by atoms with Crippen molar-refractivity contribution < 1.29 is 4.79 Å². The quantitative estimate of drug-likeness (QED) is 0.655. The zero-order valence-corrected chi connectivity index (χ0v) is 8.49. The van der Waals surface area contributed by atoms with E-state index in [1.807, 2.05) is 6.07 Å². The number of thiophene rings is 1. The van der Waals surface area contributed by atoms with Crippen LogP contribution in [-0.4, -0.2) is 5.78 Å². The summed E-state index contributed by atoms with van der Waals surface area (Å²) in [5, 5.41) is 0. The molecule has 1 aromatic heterocycles. The zero-order chi connectivity index (χ0) is 9.26. The van der Waals surface area contributed by atoms with Crippen molar-refractivity contribution in [3.05, 3.63) is 28.0 Å². The standard InChI is InChI=1S/C11H12OS/c1-8(12)10-6-7-11(13-10)9-4-2-3-5-9/h4,6-7H,2-3,5H2,1H3. The third-order valence-corrected chi connectivity index (χ3v) is 3.57. The van der Waals surface area contributed by atoms with Crippen LogP contribution in [0.25, 0.3) is 5.57 Å². The van der Waals surface area contributed by atoms with Gasteiger partial charge in [-0.3, -0.25) is 4.79 Å². The average molecular weight is 192 g/mol. The zero-order valence-electron chi connectivity index (χ0n) is 7.67. The number of hydrogen-bond acceptors (Lipinski definition) is 2. The number of allylic oxidation sites excluding steroid dienone is 2. The normalized spacial score (nSPS) is 15.9. The molecule has 0 bridgehead atoms. The van der Waals surface area contributed by atoms with Crippen molar-refractivity contribution in [3.8, 4) is 0 Å². The molecule has 0 spiro atoms. The molecule has 1 aromatic rings. The summed E-state index contributed by atoms with van der Waals surface area (Å²) in [5.74, 6) is 0.176. The van der Waals surface area contributed by atoms with Crippen LogP contribution in [0.3, 0.4) is 0 Å². The molecule has 2 heteroatoms. The Morgan fingerprint density at radius 3 is 2.85 bits per heavy atom. The minimum absolute atomic E-state index is 0.176. The van der Waals surface area contributed by atoms with Crippen molar-refractivity contribution in [1.29, 1.82) is 0 Å². The second-order valence-corrected chi connectivity index (χ2v) is 4.43. The van der Waals surface area contributed by atoms with Crippen LogP contribution in [0.1, 0.15) is 40.7 Å². The highest BCUT2D eigenvalue weighted by Crippen LogP contribution is 2.32. The molecule has 0 N–H and O–H groups in total. The van der Waals surface area contributed by atoms with Gasteiger partial charge in [0.15, 0.2) is 5.78 Å². The van der Waals surface area contributed by atoms with E-state index in [1.165, 1.54) is 29.7 Å². The third-order valence-electron chi connectivity index (χ3n) is 2.31. The van der Waals surface area contributed by atoms with Crippen molar-refractivity contribution in [2.24, 2.45) is 0 Å². The fraction of sp³-hybridized carbons (Fsp3) is 0.364. The molecule has 0 radical (unpaired) electrons. The van der Waals surface area contributed by atoms with Gasteiger partial charge in [-0.25, -0.2) is 0 Å². The minimum Gasteiger partial charge on any atom is -0.294 e. The molecular weight excluding hydrogens is 180 g/mol. The third kappa shape index (κ3) is 1.73. The SMILES string of the molecule is CC(=O)c1ccc(C2=CCCC2)s1. The van der Waals surface area contributed by atoms with E-state index in [0.29, 0.717) is 0 Å². The second-order valence-electron chi connectivity index (χ2n) is 3.34. The molecule has 0 unspecified atom stereocenters. The molecule has 0 saturated heterocycles. The Labute approximate surface area is 82.1 Å². The molecule has 0 aliphatic heterocycles. The van der Waals surface area contributed by atoms with Gasteiger partial charge in [0.25, 0.3) is 0 Å². The first kappa shape index (κ1) is 8.70. The number of hydrogen-bond donors (Lipinski definition) is 0. The Morgan fingerprint density at radius 1 is 1.46 bits per heavy atom. The lowest BCUT2D eigenvalue weighted by molar-refractivity contribution is 0.102. The van der Waals surface area contributed by atoms with E-state index < -0.39 is 0 Å². The van der Waals surface area contributed by atoms with Gasteiger partial charge < -0.3 is 0 Å². The summed E-state index contributed by atoms with van der Waals surface area (Å²) in [6, 6.07) is 4.00. The van der Waals surface area contributed by atoms with E-state index in [2.05, 4.69) is 12.1 Å². The van der Waals surface area contributed by atoms with Gasteiger partial charge in [-0.2, -0.15) is 0 Å². The van der Waals surface area contributed by atoms with E-state index in [9.17, 15) is 4.79 Å². The average Bonchev–Trinajstić information content (AvgIpc) is 2.75. The lowest BCUT2D eigenvalue weighted by Crippen LogP contribution is -1.83. The van der Waals surface area contributed by atoms with Gasteiger partial charge in [0, 0.05) is 4.88 Å². The smallest absolute Gasteiger partial charge is 0.169 e. The molecule has 13 heavy (non-hydrogen) atoms. The summed E-state index contributed by atoms with van der Waals surface area (Å²) >= 11 is 1.62. The van der Waals surface area contributed by atoms with E-state index in [4.69, 9.17) is 0 Å². The van der Waals surface area contributed by atoms with Crippen LogP contribution >= 0.6 is 11.3 Å². The number of rotatable bonds is 2. The molecule has 1 heterocycles. The topological polar surface area (TPSA) is 17.1 Å². The van der Waals surface area contributed by atoms with Gasteiger partial charge in [0.2, 0.25) is 0 Å². The van der Waals surface area contributed by atoms with Crippen molar-refractivity contribution >= 4 is 22.7 Å². The summed E-state index contributed by atoms with van der Waals surface area (Å²) in [6.45, 7) is 1.62. The van der Waals surface area contributed by atoms with Crippen LogP contribution in [0.4, 0.5) is 0 Å². The summed E-state index contributed by atoms with van der Waals surface area (Å²) in [7, 11) is 0. The molecule has 1 aliphatic rings. The number of ketones is 1. The maximum atomic E-state index is 11.1. The second kappa shape index (κ2) is 3.46. The highest BCUT2D eigenvalue weighted by molar-refractivity contribution is 7.15. The first-order chi connectivity index (χ1) is 6.27. The molecule has 0 saturated carbocycles. The molecule has 0 amide bonds. The molecule has 68 valence electrons. The van der Waals surface area contributed by atoms with Crippen LogP contribution in [0.5, 0.6) is 0 Å². The van der Waals surface area contributed by atoms with Crippen LogP contribution in [-0.2, 0) is 0 Å². The minimum atomic E-state index is 0.176. The number of Topliss-reactive ketones (excluding diaryl/α,β-unsaturated/α-hetero) is 1. The molecule has 1 aliphatic carbocycles. The maximum absolute atomic E-state index is 11.1. The van der Waals surface area contributed by atoms with Crippen LogP contribution in [0.2, 0.25) is 0 Å². The molecule has 2 rings (SSSR count). The van der Waals surface area contributed by atoms with Crippen LogP contribution in [0.15, 0.2) is 18.2 Å². The summed E-state index contributed by atoms with van der Waals surface area (Å²) in [6.07, 6.45) is 5.93. The molecule has 0 atom stereocenters. The largest absolute Gasteiger partial charge is 0.294 e. The van der Waals surface area contributed by atoms with Crippen molar-refractivity contribution in [1.82, 2.24) is 0 Å². The Hall–Kier alpha value is -0.890. The van der Waals surface area contributed by atoms with Crippen molar-refractivity contribution in [2.45, 2.75) is 26.2 Å². The van der Waals surface area contributed by atoms with Crippen LogP contribution < -0.4 is 0 Å². The van der Waals surface area contributed by atoms with Gasteiger partial charge in [-0.1, -0.05) is 6.08 Å². The van der Waals surface area contributed by atoms with Gasteiger partial charge in [-0.15, -0.1) is 11.3 Å². The predicted octanol–water partition coefficient (Wildman–Crippen LogP) is 3.52. The summed E-state index contributed by atoms with van der Waals surface area (Å²) in [5.41, 5.74) is 1.43. The van der Waals surface area contributed by atoms with Crippen molar-refractivity contribution in [3.63, 3.8) is 0 Å². The molecule has 0 fully saturated rings. The monoisotopic (exact) mass is 192 g/mol. The Morgan fingerprint density at radius 2 is 2.31 bits per heavy atom. The lowest BCUT2D eigenvalue weighted by Gasteiger charge is -1.94. The van der Waals surface area contributed by atoms with E-state index in [0.717, 1.165) is 4.88 Å². The number of carbonyl (C=O) groups excluding carboxylic acids is 1.